The average molecular weight is 326 g/mol. The summed E-state index contributed by atoms with van der Waals surface area (Å²) in [4.78, 5) is 9.44. The van der Waals surface area contributed by atoms with E-state index >= 15 is 0 Å². The number of halogens is 2. The maximum atomic E-state index is 9.44. The highest BCUT2D eigenvalue weighted by molar-refractivity contribution is 14.2. The summed E-state index contributed by atoms with van der Waals surface area (Å²) in [5.41, 5.74) is 0. The molecule has 0 heterocycles. The number of ketones is 1. The molecule has 0 spiro atoms. The molecule has 0 aromatic heterocycles. The molecular weight excluding hydrogens is 318 g/mol. The summed E-state index contributed by atoms with van der Waals surface area (Å²) >= 11 is 4.55. The van der Waals surface area contributed by atoms with Gasteiger partial charge < -0.3 is 4.79 Å². The van der Waals surface area contributed by atoms with Crippen molar-refractivity contribution in [2.24, 2.45) is 0 Å². The Labute approximate surface area is 71.5 Å². The average Bonchev–Trinajstić information content (AvgIpc) is 1.33. The lowest BCUT2D eigenvalue weighted by Gasteiger charge is -1.56. The lowest BCUT2D eigenvalue weighted by atomic mass is 10.6. The topological polar surface area (TPSA) is 17.1 Å². The second-order valence-corrected chi connectivity index (χ2v) is 5.45. The maximum absolute atomic E-state index is 9.44. The monoisotopic (exact) mass is 326 g/mol. The number of Topliss-reactive ketones (excluding diaryl/α,β-unsaturated/α-hetero) is 1. The van der Waals surface area contributed by atoms with Gasteiger partial charge in [-0.15, -0.1) is 0 Å². The molecule has 0 saturated carbocycles. The SMILES string of the molecule is CC(C)=O.ICI. The Hall–Kier alpha value is 1.13. The molecule has 0 aromatic carbocycles. The van der Waals surface area contributed by atoms with Gasteiger partial charge in [-0.2, -0.15) is 0 Å². The van der Waals surface area contributed by atoms with E-state index in [4.69, 9.17) is 0 Å². The van der Waals surface area contributed by atoms with Gasteiger partial charge in [0, 0.05) is 0 Å². The van der Waals surface area contributed by atoms with Crippen LogP contribution in [0.3, 0.4) is 0 Å². The molecule has 0 radical (unpaired) electrons. The summed E-state index contributed by atoms with van der Waals surface area (Å²) in [6, 6.07) is 0. The Bertz CT molecular complexity index is 41.0. The summed E-state index contributed by atoms with van der Waals surface area (Å²) in [7, 11) is 0. The summed E-state index contributed by atoms with van der Waals surface area (Å²) in [6.45, 7) is 3.06. The first-order chi connectivity index (χ1) is 3.15. The smallest absolute Gasteiger partial charge is 0.126 e. The van der Waals surface area contributed by atoms with Crippen LogP contribution in [0.15, 0.2) is 0 Å². The lowest BCUT2D eigenvalue weighted by molar-refractivity contribution is -0.114. The van der Waals surface area contributed by atoms with Crippen LogP contribution in [0.4, 0.5) is 0 Å². The molecule has 1 nitrogen and oxygen atoms in total. The highest BCUT2D eigenvalue weighted by Gasteiger charge is 1.62. The van der Waals surface area contributed by atoms with E-state index in [9.17, 15) is 4.79 Å². The Balaban J connectivity index is 0. The van der Waals surface area contributed by atoms with Crippen molar-refractivity contribution in [1.82, 2.24) is 0 Å². The van der Waals surface area contributed by atoms with Crippen LogP contribution in [0.1, 0.15) is 13.8 Å². The van der Waals surface area contributed by atoms with Crippen LogP contribution in [0.5, 0.6) is 0 Å². The molecule has 0 fully saturated rings. The maximum Gasteiger partial charge on any atom is 0.126 e. The number of hydrogen-bond acceptors (Lipinski definition) is 1. The zero-order valence-electron chi connectivity index (χ0n) is 4.37. The van der Waals surface area contributed by atoms with Crippen molar-refractivity contribution in [3.8, 4) is 0 Å². The van der Waals surface area contributed by atoms with E-state index in [0.717, 1.165) is 0 Å². The molecule has 0 aromatic rings. The number of carbonyl (C=O) groups is 1. The molecule has 3 heteroatoms. The van der Waals surface area contributed by atoms with E-state index < -0.39 is 0 Å². The summed E-state index contributed by atoms with van der Waals surface area (Å²) < 4.78 is 1.19. The second-order valence-electron chi connectivity index (χ2n) is 1.01. The molecule has 0 aliphatic carbocycles. The lowest BCUT2D eigenvalue weighted by Crippen LogP contribution is -1.69. The van der Waals surface area contributed by atoms with Gasteiger partial charge in [0.25, 0.3) is 0 Å². The number of alkyl halides is 2. The first kappa shape index (κ1) is 11.0. The molecule has 0 aliphatic rings. The van der Waals surface area contributed by atoms with Crippen LogP contribution >= 0.6 is 45.2 Å². The van der Waals surface area contributed by atoms with Crippen molar-refractivity contribution in [3.05, 3.63) is 0 Å². The van der Waals surface area contributed by atoms with Crippen molar-refractivity contribution < 1.29 is 4.79 Å². The molecule has 0 atom stereocenters. The molecule has 7 heavy (non-hydrogen) atoms. The minimum absolute atomic E-state index is 0.167. The van der Waals surface area contributed by atoms with E-state index in [2.05, 4.69) is 45.2 Å². The largest absolute Gasteiger partial charge is 0.300 e. The van der Waals surface area contributed by atoms with Gasteiger partial charge in [0.05, 0.1) is 2.43 Å². The van der Waals surface area contributed by atoms with Crippen molar-refractivity contribution in [1.29, 1.82) is 0 Å². The summed E-state index contributed by atoms with van der Waals surface area (Å²) in [6.07, 6.45) is 0. The second kappa shape index (κ2) is 10.2. The molecule has 44 valence electrons. The summed E-state index contributed by atoms with van der Waals surface area (Å²) in [5.74, 6) is 0.167. The van der Waals surface area contributed by atoms with E-state index in [1.54, 1.807) is 0 Å². The van der Waals surface area contributed by atoms with Crippen LogP contribution in [-0.4, -0.2) is 8.22 Å². The van der Waals surface area contributed by atoms with Gasteiger partial charge in [-0.25, -0.2) is 0 Å². The van der Waals surface area contributed by atoms with Gasteiger partial charge >= 0.3 is 0 Å². The standard InChI is InChI=1S/C3H6O.CH2I2/c1-3(2)4;2-1-3/h1-2H3;1H2. The van der Waals surface area contributed by atoms with Crippen molar-refractivity contribution in [2.45, 2.75) is 13.8 Å². The van der Waals surface area contributed by atoms with Crippen LogP contribution in [0, 0.1) is 0 Å². The van der Waals surface area contributed by atoms with Gasteiger partial charge in [0.15, 0.2) is 0 Å². The zero-order chi connectivity index (χ0) is 6.28. The van der Waals surface area contributed by atoms with Crippen LogP contribution in [-0.2, 0) is 4.79 Å². The van der Waals surface area contributed by atoms with Crippen molar-refractivity contribution in [3.63, 3.8) is 0 Å². The fourth-order valence-electron chi connectivity index (χ4n) is 0. The number of hydrogen-bond donors (Lipinski definition) is 0. The third-order valence-electron chi connectivity index (χ3n) is 0. The van der Waals surface area contributed by atoms with Gasteiger partial charge in [-0.3, -0.25) is 0 Å². The number of carbonyl (C=O) groups excluding carboxylic acids is 1. The van der Waals surface area contributed by atoms with E-state index in [1.807, 2.05) is 0 Å². The third kappa shape index (κ3) is 147. The van der Waals surface area contributed by atoms with E-state index in [1.165, 1.54) is 16.3 Å². The molecule has 0 amide bonds. The zero-order valence-corrected chi connectivity index (χ0v) is 8.69. The van der Waals surface area contributed by atoms with Gasteiger partial charge in [-0.05, 0) is 13.8 Å². The molecule has 0 rings (SSSR count). The first-order valence-corrected chi connectivity index (χ1v) is 4.79. The molecule has 0 unspecified atom stereocenters. The Morgan fingerprint density at radius 1 is 1.43 bits per heavy atom. The first-order valence-electron chi connectivity index (χ1n) is 1.74. The highest BCUT2D eigenvalue weighted by atomic mass is 127. The quantitative estimate of drug-likeness (QED) is 0.494. The van der Waals surface area contributed by atoms with Crippen LogP contribution < -0.4 is 0 Å². The summed E-state index contributed by atoms with van der Waals surface area (Å²) in [5, 5.41) is 0. The Morgan fingerprint density at radius 2 is 1.43 bits per heavy atom. The van der Waals surface area contributed by atoms with Crippen molar-refractivity contribution >= 4 is 51.0 Å². The minimum atomic E-state index is 0.167. The molecular formula is C4H8I2O. The molecule has 0 saturated heterocycles. The van der Waals surface area contributed by atoms with Crippen LogP contribution in [0.2, 0.25) is 0 Å². The molecule has 0 N–H and O–H groups in total. The normalized spacial score (nSPS) is 6.29. The van der Waals surface area contributed by atoms with E-state index in [-0.39, 0.29) is 5.78 Å². The van der Waals surface area contributed by atoms with Crippen molar-refractivity contribution in [2.75, 3.05) is 2.43 Å². The van der Waals surface area contributed by atoms with Gasteiger partial charge in [0.1, 0.15) is 5.78 Å². The molecule has 0 aliphatic heterocycles. The number of rotatable bonds is 0. The third-order valence-corrected chi connectivity index (χ3v) is 0. The highest BCUT2D eigenvalue weighted by Crippen LogP contribution is 1.86. The van der Waals surface area contributed by atoms with Gasteiger partial charge in [-0.1, -0.05) is 45.2 Å². The Kier molecular flexibility index (Phi) is 16.0. The predicted octanol–water partition coefficient (Wildman–Crippen LogP) is 2.41. The van der Waals surface area contributed by atoms with Crippen LogP contribution in [0.25, 0.3) is 0 Å². The molecule has 0 bridgehead atoms. The fourth-order valence-corrected chi connectivity index (χ4v) is 0. The van der Waals surface area contributed by atoms with E-state index in [0.29, 0.717) is 0 Å². The predicted molar refractivity (Wildman–Crippen MR) is 49.3 cm³/mol. The fraction of sp³-hybridized carbons (Fsp3) is 0.750. The van der Waals surface area contributed by atoms with Gasteiger partial charge in [0.2, 0.25) is 0 Å². The Morgan fingerprint density at radius 3 is 1.43 bits per heavy atom. The minimum Gasteiger partial charge on any atom is -0.300 e.